The SMILES string of the molecule is CN(Cc1ccccc1OC(F)(F)F)C(=O)COc1cccc(Oc2ccccn2)c1. The summed E-state index contributed by atoms with van der Waals surface area (Å²) in [4.78, 5) is 17.7. The summed E-state index contributed by atoms with van der Waals surface area (Å²) in [6.07, 6.45) is -3.22. The van der Waals surface area contributed by atoms with Gasteiger partial charge in [-0.1, -0.05) is 30.3 Å². The Bertz CT molecular complexity index is 1010. The topological polar surface area (TPSA) is 60.9 Å². The maximum Gasteiger partial charge on any atom is 0.573 e. The van der Waals surface area contributed by atoms with E-state index in [4.69, 9.17) is 9.47 Å². The molecule has 0 aliphatic heterocycles. The van der Waals surface area contributed by atoms with Crippen LogP contribution in [0.1, 0.15) is 5.56 Å². The van der Waals surface area contributed by atoms with E-state index in [-0.39, 0.29) is 24.5 Å². The zero-order chi connectivity index (χ0) is 22.3. The predicted octanol–water partition coefficient (Wildman–Crippen LogP) is 4.81. The second-order valence-corrected chi connectivity index (χ2v) is 6.44. The molecule has 1 amide bonds. The van der Waals surface area contributed by atoms with E-state index in [1.165, 1.54) is 30.1 Å². The molecule has 1 heterocycles. The van der Waals surface area contributed by atoms with Crippen molar-refractivity contribution in [2.75, 3.05) is 13.7 Å². The normalized spacial score (nSPS) is 11.0. The van der Waals surface area contributed by atoms with Crippen molar-refractivity contribution in [3.8, 4) is 23.1 Å². The molecule has 0 aliphatic carbocycles. The molecule has 0 radical (unpaired) electrons. The lowest BCUT2D eigenvalue weighted by molar-refractivity contribution is -0.275. The van der Waals surface area contributed by atoms with Crippen molar-refractivity contribution in [3.05, 3.63) is 78.5 Å². The molecule has 0 unspecified atom stereocenters. The highest BCUT2D eigenvalue weighted by Gasteiger charge is 2.32. The Balaban J connectivity index is 1.57. The lowest BCUT2D eigenvalue weighted by Gasteiger charge is -2.20. The Kier molecular flexibility index (Phi) is 6.96. The van der Waals surface area contributed by atoms with E-state index in [0.717, 1.165) is 0 Å². The van der Waals surface area contributed by atoms with Gasteiger partial charge in [-0.25, -0.2) is 4.98 Å². The molecule has 0 aliphatic rings. The molecule has 2 aromatic carbocycles. The van der Waals surface area contributed by atoms with Crippen molar-refractivity contribution in [1.29, 1.82) is 0 Å². The number of carbonyl (C=O) groups is 1. The molecular formula is C22H19F3N2O4. The van der Waals surface area contributed by atoms with Crippen LogP contribution in [0.3, 0.4) is 0 Å². The molecule has 1 aromatic heterocycles. The van der Waals surface area contributed by atoms with Gasteiger partial charge in [0, 0.05) is 37.5 Å². The highest BCUT2D eigenvalue weighted by atomic mass is 19.4. The summed E-state index contributed by atoms with van der Waals surface area (Å²) in [5, 5.41) is 0. The molecule has 6 nitrogen and oxygen atoms in total. The fourth-order valence-electron chi connectivity index (χ4n) is 2.61. The first-order chi connectivity index (χ1) is 14.8. The Morgan fingerprint density at radius 3 is 2.48 bits per heavy atom. The van der Waals surface area contributed by atoms with Crippen LogP contribution < -0.4 is 14.2 Å². The third kappa shape index (κ3) is 6.91. The van der Waals surface area contributed by atoms with E-state index in [1.54, 1.807) is 54.7 Å². The fourth-order valence-corrected chi connectivity index (χ4v) is 2.61. The quantitative estimate of drug-likeness (QED) is 0.511. The number of amides is 1. The van der Waals surface area contributed by atoms with Crippen LogP contribution in [0.5, 0.6) is 23.1 Å². The molecule has 0 saturated heterocycles. The molecule has 0 bridgehead atoms. The third-order valence-corrected chi connectivity index (χ3v) is 4.06. The Morgan fingerprint density at radius 1 is 1.00 bits per heavy atom. The number of carbonyl (C=O) groups excluding carboxylic acids is 1. The van der Waals surface area contributed by atoms with Gasteiger partial charge in [0.2, 0.25) is 5.88 Å². The maximum atomic E-state index is 12.6. The summed E-state index contributed by atoms with van der Waals surface area (Å²) in [5.74, 6) is 0.522. The highest BCUT2D eigenvalue weighted by Crippen LogP contribution is 2.27. The van der Waals surface area contributed by atoms with E-state index in [0.29, 0.717) is 17.4 Å². The summed E-state index contributed by atoms with van der Waals surface area (Å²) in [7, 11) is 1.47. The van der Waals surface area contributed by atoms with E-state index >= 15 is 0 Å². The van der Waals surface area contributed by atoms with Gasteiger partial charge in [-0.15, -0.1) is 13.2 Å². The van der Waals surface area contributed by atoms with Gasteiger partial charge in [-0.2, -0.15) is 0 Å². The van der Waals surface area contributed by atoms with Gasteiger partial charge in [0.05, 0.1) is 0 Å². The van der Waals surface area contributed by atoms with Gasteiger partial charge in [0.25, 0.3) is 5.91 Å². The van der Waals surface area contributed by atoms with Gasteiger partial charge in [-0.05, 0) is 24.3 Å². The smallest absolute Gasteiger partial charge is 0.484 e. The second-order valence-electron chi connectivity index (χ2n) is 6.44. The van der Waals surface area contributed by atoms with Crippen LogP contribution in [0, 0.1) is 0 Å². The average Bonchev–Trinajstić information content (AvgIpc) is 2.73. The Labute approximate surface area is 176 Å². The number of aromatic nitrogens is 1. The van der Waals surface area contributed by atoms with Gasteiger partial charge >= 0.3 is 6.36 Å². The molecule has 3 aromatic rings. The van der Waals surface area contributed by atoms with Crippen LogP contribution in [0.2, 0.25) is 0 Å². The molecule has 0 spiro atoms. The van der Waals surface area contributed by atoms with Gasteiger partial charge < -0.3 is 19.1 Å². The maximum absolute atomic E-state index is 12.6. The van der Waals surface area contributed by atoms with Crippen molar-refractivity contribution in [3.63, 3.8) is 0 Å². The molecule has 162 valence electrons. The van der Waals surface area contributed by atoms with Crippen molar-refractivity contribution < 1.29 is 32.2 Å². The number of likely N-dealkylation sites (N-methyl/N-ethyl adjacent to an activating group) is 1. The first kappa shape index (κ1) is 21.9. The summed E-state index contributed by atoms with van der Waals surface area (Å²) in [5.41, 5.74) is 0.224. The van der Waals surface area contributed by atoms with Crippen molar-refractivity contribution in [2.24, 2.45) is 0 Å². The molecular weight excluding hydrogens is 413 g/mol. The summed E-state index contributed by atoms with van der Waals surface area (Å²) in [6, 6.07) is 17.6. The number of para-hydroxylation sites is 1. The number of hydrogen-bond acceptors (Lipinski definition) is 5. The van der Waals surface area contributed by atoms with Crippen molar-refractivity contribution >= 4 is 5.91 Å². The average molecular weight is 432 g/mol. The minimum absolute atomic E-state index is 0.0721. The lowest BCUT2D eigenvalue weighted by atomic mass is 10.2. The minimum atomic E-state index is -4.82. The molecule has 9 heteroatoms. The third-order valence-electron chi connectivity index (χ3n) is 4.06. The molecule has 0 N–H and O–H groups in total. The lowest BCUT2D eigenvalue weighted by Crippen LogP contribution is -2.31. The molecule has 3 rings (SSSR count). The Hall–Kier alpha value is -3.75. The molecule has 0 saturated carbocycles. The number of nitrogens with zero attached hydrogens (tertiary/aromatic N) is 2. The monoisotopic (exact) mass is 432 g/mol. The van der Waals surface area contributed by atoms with Gasteiger partial charge in [-0.3, -0.25) is 4.79 Å². The van der Waals surface area contributed by atoms with Gasteiger partial charge in [0.1, 0.15) is 17.2 Å². The van der Waals surface area contributed by atoms with Crippen LogP contribution in [-0.2, 0) is 11.3 Å². The summed E-state index contributed by atoms with van der Waals surface area (Å²) in [6.45, 7) is -0.372. The van der Waals surface area contributed by atoms with E-state index in [1.807, 2.05) is 0 Å². The molecule has 0 fully saturated rings. The molecule has 0 atom stereocenters. The van der Waals surface area contributed by atoms with Crippen LogP contribution in [0.15, 0.2) is 72.9 Å². The minimum Gasteiger partial charge on any atom is -0.484 e. The van der Waals surface area contributed by atoms with Crippen molar-refractivity contribution in [1.82, 2.24) is 9.88 Å². The molecule has 31 heavy (non-hydrogen) atoms. The zero-order valence-corrected chi connectivity index (χ0v) is 16.5. The second kappa shape index (κ2) is 9.84. The van der Waals surface area contributed by atoms with E-state index in [9.17, 15) is 18.0 Å². The first-order valence-electron chi connectivity index (χ1n) is 9.19. The van der Waals surface area contributed by atoms with Crippen LogP contribution in [0.25, 0.3) is 0 Å². The number of alkyl halides is 3. The number of benzene rings is 2. The number of halogens is 3. The zero-order valence-electron chi connectivity index (χ0n) is 16.5. The Morgan fingerprint density at radius 2 is 1.74 bits per heavy atom. The predicted molar refractivity (Wildman–Crippen MR) is 106 cm³/mol. The van der Waals surface area contributed by atoms with E-state index in [2.05, 4.69) is 9.72 Å². The number of rotatable bonds is 8. The van der Waals surface area contributed by atoms with Crippen LogP contribution in [0.4, 0.5) is 13.2 Å². The largest absolute Gasteiger partial charge is 0.573 e. The van der Waals surface area contributed by atoms with Crippen LogP contribution >= 0.6 is 0 Å². The number of hydrogen-bond donors (Lipinski definition) is 0. The first-order valence-corrected chi connectivity index (χ1v) is 9.19. The van der Waals surface area contributed by atoms with Crippen LogP contribution in [-0.4, -0.2) is 35.8 Å². The van der Waals surface area contributed by atoms with Crippen molar-refractivity contribution in [2.45, 2.75) is 12.9 Å². The standard InChI is InChI=1S/C22H19F3N2O4/c1-27(14-16-7-2-3-10-19(16)31-22(23,24)25)21(28)15-29-17-8-6-9-18(13-17)30-20-11-4-5-12-26-20/h2-13H,14-15H2,1H3. The van der Waals surface area contributed by atoms with E-state index < -0.39 is 12.3 Å². The summed E-state index contributed by atoms with van der Waals surface area (Å²) >= 11 is 0. The number of pyridine rings is 1. The van der Waals surface area contributed by atoms with Gasteiger partial charge in [0.15, 0.2) is 6.61 Å². The summed E-state index contributed by atoms with van der Waals surface area (Å²) < 4.78 is 52.8. The highest BCUT2D eigenvalue weighted by molar-refractivity contribution is 5.77. The fraction of sp³-hybridized carbons (Fsp3) is 0.182. The number of ether oxygens (including phenoxy) is 3.